The van der Waals surface area contributed by atoms with E-state index in [9.17, 15) is 9.59 Å². The summed E-state index contributed by atoms with van der Waals surface area (Å²) in [6, 6.07) is 1.75. The van der Waals surface area contributed by atoms with E-state index < -0.39 is 0 Å². The molecule has 2 N–H and O–H groups in total. The SMILES string of the molecule is CC1CNC(=O)c2cc3c(=O)[nH]ncc3n21. The Morgan fingerprint density at radius 1 is 1.50 bits per heavy atom. The Balaban J connectivity index is 2.46. The number of aromatic nitrogens is 3. The number of nitrogens with zero attached hydrogens (tertiary/aromatic N) is 2. The van der Waals surface area contributed by atoms with Crippen LogP contribution >= 0.6 is 0 Å². The normalized spacial score (nSPS) is 19.6. The molecule has 1 amide bonds. The van der Waals surface area contributed by atoms with Crippen molar-refractivity contribution in [3.63, 3.8) is 0 Å². The molecule has 1 aliphatic heterocycles. The Bertz CT molecular complexity index is 640. The zero-order chi connectivity index (χ0) is 11.3. The van der Waals surface area contributed by atoms with Crippen molar-refractivity contribution in [2.75, 3.05) is 6.54 Å². The first-order valence-corrected chi connectivity index (χ1v) is 5.05. The third-order valence-electron chi connectivity index (χ3n) is 2.91. The molecule has 82 valence electrons. The zero-order valence-electron chi connectivity index (χ0n) is 8.65. The molecule has 2 aromatic heterocycles. The summed E-state index contributed by atoms with van der Waals surface area (Å²) >= 11 is 0. The lowest BCUT2D eigenvalue weighted by Crippen LogP contribution is -2.37. The van der Waals surface area contributed by atoms with Crippen LogP contribution in [-0.4, -0.2) is 27.2 Å². The van der Waals surface area contributed by atoms with Gasteiger partial charge in [0.25, 0.3) is 11.5 Å². The highest BCUT2D eigenvalue weighted by Crippen LogP contribution is 2.23. The Kier molecular flexibility index (Phi) is 1.68. The molecular weight excluding hydrogens is 208 g/mol. The minimum atomic E-state index is -0.264. The van der Waals surface area contributed by atoms with E-state index >= 15 is 0 Å². The van der Waals surface area contributed by atoms with Gasteiger partial charge in [-0.25, -0.2) is 5.10 Å². The molecule has 0 aliphatic carbocycles. The van der Waals surface area contributed by atoms with E-state index in [0.29, 0.717) is 23.1 Å². The van der Waals surface area contributed by atoms with E-state index in [1.54, 1.807) is 12.3 Å². The summed E-state index contributed by atoms with van der Waals surface area (Å²) in [6.45, 7) is 2.56. The smallest absolute Gasteiger partial charge is 0.273 e. The summed E-state index contributed by atoms with van der Waals surface area (Å²) in [7, 11) is 0. The summed E-state index contributed by atoms with van der Waals surface area (Å²) in [4.78, 5) is 23.2. The number of H-pyrrole nitrogens is 1. The molecule has 0 bridgehead atoms. The molecule has 1 unspecified atom stereocenters. The monoisotopic (exact) mass is 218 g/mol. The van der Waals surface area contributed by atoms with Crippen molar-refractivity contribution < 1.29 is 4.79 Å². The highest BCUT2D eigenvalue weighted by atomic mass is 16.2. The van der Waals surface area contributed by atoms with Crippen LogP contribution in [0.25, 0.3) is 10.9 Å². The van der Waals surface area contributed by atoms with Crippen LogP contribution in [0.3, 0.4) is 0 Å². The number of carbonyl (C=O) groups is 1. The van der Waals surface area contributed by atoms with Crippen molar-refractivity contribution in [2.24, 2.45) is 0 Å². The predicted octanol–water partition coefficient (Wildman–Crippen LogP) is 0.0290. The van der Waals surface area contributed by atoms with Gasteiger partial charge in [-0.3, -0.25) is 9.59 Å². The molecule has 3 heterocycles. The van der Waals surface area contributed by atoms with Gasteiger partial charge >= 0.3 is 0 Å². The second-order valence-corrected chi connectivity index (χ2v) is 3.96. The standard InChI is InChI=1S/C10H10N4O2/c1-5-3-11-10(16)7-2-6-8(14(5)7)4-12-13-9(6)15/h2,4-5H,3H2,1H3,(H,11,16)(H,13,15). The first-order chi connectivity index (χ1) is 7.68. The predicted molar refractivity (Wildman–Crippen MR) is 57.4 cm³/mol. The van der Waals surface area contributed by atoms with Crippen LogP contribution in [0.5, 0.6) is 0 Å². The number of hydrogen-bond acceptors (Lipinski definition) is 3. The molecule has 3 rings (SSSR count). The zero-order valence-corrected chi connectivity index (χ0v) is 8.65. The minimum absolute atomic E-state index is 0.133. The lowest BCUT2D eigenvalue weighted by Gasteiger charge is -2.23. The summed E-state index contributed by atoms with van der Waals surface area (Å²) < 4.78 is 1.86. The average molecular weight is 218 g/mol. The molecule has 0 saturated carbocycles. The molecule has 0 spiro atoms. The Hall–Kier alpha value is -2.11. The maximum atomic E-state index is 11.6. The van der Waals surface area contributed by atoms with Crippen LogP contribution in [0.1, 0.15) is 23.5 Å². The van der Waals surface area contributed by atoms with Crippen molar-refractivity contribution in [1.82, 2.24) is 20.1 Å². The fourth-order valence-electron chi connectivity index (χ4n) is 2.14. The molecular formula is C10H10N4O2. The molecule has 0 saturated heterocycles. The number of rotatable bonds is 0. The van der Waals surface area contributed by atoms with Crippen LogP contribution in [-0.2, 0) is 0 Å². The largest absolute Gasteiger partial charge is 0.349 e. The number of hydrogen-bond donors (Lipinski definition) is 2. The van der Waals surface area contributed by atoms with E-state index in [1.165, 1.54) is 0 Å². The molecule has 16 heavy (non-hydrogen) atoms. The van der Waals surface area contributed by atoms with Crippen molar-refractivity contribution in [1.29, 1.82) is 0 Å². The van der Waals surface area contributed by atoms with Gasteiger partial charge < -0.3 is 9.88 Å². The first-order valence-electron chi connectivity index (χ1n) is 5.05. The third kappa shape index (κ3) is 1.04. The second-order valence-electron chi connectivity index (χ2n) is 3.96. The summed E-state index contributed by atoms with van der Waals surface area (Å²) in [5.74, 6) is -0.145. The first kappa shape index (κ1) is 9.14. The van der Waals surface area contributed by atoms with Crippen molar-refractivity contribution in [3.05, 3.63) is 28.3 Å². The fraction of sp³-hybridized carbons (Fsp3) is 0.300. The number of nitrogens with one attached hydrogen (secondary N) is 2. The van der Waals surface area contributed by atoms with Crippen molar-refractivity contribution in [3.8, 4) is 0 Å². The Morgan fingerprint density at radius 3 is 3.12 bits per heavy atom. The van der Waals surface area contributed by atoms with Gasteiger partial charge in [0.1, 0.15) is 5.69 Å². The van der Waals surface area contributed by atoms with E-state index in [1.807, 2.05) is 11.5 Å². The highest BCUT2D eigenvalue weighted by Gasteiger charge is 2.25. The van der Waals surface area contributed by atoms with Gasteiger partial charge in [-0.15, -0.1) is 0 Å². The summed E-state index contributed by atoms with van der Waals surface area (Å²) in [5.41, 5.74) is 0.966. The molecule has 1 atom stereocenters. The second kappa shape index (κ2) is 2.94. The minimum Gasteiger partial charge on any atom is -0.349 e. The lowest BCUT2D eigenvalue weighted by molar-refractivity contribution is 0.0919. The van der Waals surface area contributed by atoms with Gasteiger partial charge in [0.2, 0.25) is 0 Å². The van der Waals surface area contributed by atoms with Gasteiger partial charge in [-0.1, -0.05) is 0 Å². The maximum absolute atomic E-state index is 11.6. The highest BCUT2D eigenvalue weighted by molar-refractivity contribution is 5.99. The molecule has 6 heteroatoms. The quantitative estimate of drug-likeness (QED) is 0.654. The molecule has 2 aromatic rings. The van der Waals surface area contributed by atoms with Crippen LogP contribution in [0.2, 0.25) is 0 Å². The van der Waals surface area contributed by atoms with E-state index in [2.05, 4.69) is 15.5 Å². The fourth-order valence-corrected chi connectivity index (χ4v) is 2.14. The van der Waals surface area contributed by atoms with Crippen molar-refractivity contribution in [2.45, 2.75) is 13.0 Å². The third-order valence-corrected chi connectivity index (χ3v) is 2.91. The van der Waals surface area contributed by atoms with E-state index in [0.717, 1.165) is 0 Å². The topological polar surface area (TPSA) is 79.8 Å². The van der Waals surface area contributed by atoms with E-state index in [4.69, 9.17) is 0 Å². The average Bonchev–Trinajstić information content (AvgIpc) is 2.66. The molecule has 1 aliphatic rings. The maximum Gasteiger partial charge on any atom is 0.273 e. The van der Waals surface area contributed by atoms with Gasteiger partial charge in [-0.05, 0) is 13.0 Å². The number of fused-ring (bicyclic) bond motifs is 3. The van der Waals surface area contributed by atoms with Crippen LogP contribution in [0, 0.1) is 0 Å². The van der Waals surface area contributed by atoms with Crippen LogP contribution in [0.15, 0.2) is 17.1 Å². The summed E-state index contributed by atoms with van der Waals surface area (Å²) in [6.07, 6.45) is 1.58. The molecule has 0 fully saturated rings. The van der Waals surface area contributed by atoms with Gasteiger partial charge in [-0.2, -0.15) is 5.10 Å². The molecule has 0 radical (unpaired) electrons. The van der Waals surface area contributed by atoms with Crippen LogP contribution in [0.4, 0.5) is 0 Å². The number of aromatic amines is 1. The summed E-state index contributed by atoms with van der Waals surface area (Å²) in [5, 5.41) is 9.41. The van der Waals surface area contributed by atoms with E-state index in [-0.39, 0.29) is 17.5 Å². The Morgan fingerprint density at radius 2 is 2.31 bits per heavy atom. The lowest BCUT2D eigenvalue weighted by atomic mass is 10.2. The number of carbonyl (C=O) groups excluding carboxylic acids is 1. The van der Waals surface area contributed by atoms with Crippen LogP contribution < -0.4 is 10.9 Å². The van der Waals surface area contributed by atoms with Gasteiger partial charge in [0.05, 0.1) is 17.1 Å². The molecule has 6 nitrogen and oxygen atoms in total. The Labute approximate surface area is 90.3 Å². The van der Waals surface area contributed by atoms with Gasteiger partial charge in [0.15, 0.2) is 0 Å². The molecule has 0 aromatic carbocycles. The number of amides is 1. The van der Waals surface area contributed by atoms with Crippen molar-refractivity contribution >= 4 is 16.8 Å². The van der Waals surface area contributed by atoms with Gasteiger partial charge in [0, 0.05) is 12.6 Å².